The maximum Gasteiger partial charge on any atom is 2.00 e. The van der Waals surface area contributed by atoms with Crippen molar-refractivity contribution in [2.45, 2.75) is 0 Å². The van der Waals surface area contributed by atoms with E-state index in [4.69, 9.17) is 0 Å². The minimum atomic E-state index is -2.78. The van der Waals surface area contributed by atoms with E-state index in [0.717, 1.165) is 15.9 Å². The maximum absolute atomic E-state index is 13.8. The van der Waals surface area contributed by atoms with Gasteiger partial charge in [-0.15, -0.1) is 0 Å². The van der Waals surface area contributed by atoms with Gasteiger partial charge in [0.1, 0.15) is 0 Å². The summed E-state index contributed by atoms with van der Waals surface area (Å²) in [5, 5.41) is 2.62. The molecule has 0 aliphatic heterocycles. The van der Waals surface area contributed by atoms with E-state index in [1.54, 1.807) is 0 Å². The first-order valence-corrected chi connectivity index (χ1v) is 8.29. The number of halogens is 2. The third-order valence-electron chi connectivity index (χ3n) is 3.36. The van der Waals surface area contributed by atoms with Crippen molar-refractivity contribution in [2.75, 3.05) is 0 Å². The largest absolute Gasteiger partial charge is 2.00 e. The Labute approximate surface area is 165 Å². The Kier molecular flexibility index (Phi) is 9.84. The van der Waals surface area contributed by atoms with Gasteiger partial charge < -0.3 is 29.4 Å². The third-order valence-corrected chi connectivity index (χ3v) is 6.44. The average molecular weight is 374 g/mol. The fourth-order valence-corrected chi connectivity index (χ4v) is 5.03. The normalized spacial score (nSPS) is 9.74. The quantitative estimate of drug-likeness (QED) is 0.352. The molecule has 0 unspecified atom stereocenters. The van der Waals surface area contributed by atoms with Crippen molar-refractivity contribution in [1.29, 1.82) is 0 Å². The van der Waals surface area contributed by atoms with E-state index in [1.807, 2.05) is 91.0 Å². The van der Waals surface area contributed by atoms with Crippen LogP contribution in [0.5, 0.6) is 0 Å². The van der Waals surface area contributed by atoms with Crippen molar-refractivity contribution < 1.29 is 29.4 Å². The van der Waals surface area contributed by atoms with Crippen molar-refractivity contribution >= 4 is 46.1 Å². The molecule has 0 aliphatic rings. The zero-order chi connectivity index (χ0) is 13.8. The second-order valence-electron chi connectivity index (χ2n) is 4.62. The van der Waals surface area contributed by atoms with E-state index in [2.05, 4.69) is 0 Å². The number of hydrogen-bond acceptors (Lipinski definition) is 1. The van der Waals surface area contributed by atoms with Gasteiger partial charge in [0.15, 0.2) is 7.14 Å². The summed E-state index contributed by atoms with van der Waals surface area (Å²) in [6, 6.07) is 29.1. The first-order valence-electron chi connectivity index (χ1n) is 6.59. The zero-order valence-electron chi connectivity index (χ0n) is 12.5. The predicted octanol–water partition coefficient (Wildman–Crippen LogP) is -3.05. The molecule has 0 heterocycles. The molecule has 0 aliphatic carbocycles. The fraction of sp³-hybridized carbons (Fsp3) is 0. The summed E-state index contributed by atoms with van der Waals surface area (Å²) >= 11 is 0. The summed E-state index contributed by atoms with van der Waals surface area (Å²) < 4.78 is 13.8. The predicted molar refractivity (Wildman–Crippen MR) is 91.6 cm³/mol. The van der Waals surface area contributed by atoms with Crippen molar-refractivity contribution in [3.8, 4) is 0 Å². The van der Waals surface area contributed by atoms with Crippen LogP contribution in [0.25, 0.3) is 0 Å². The van der Waals surface area contributed by atoms with Gasteiger partial charge in [0, 0.05) is 15.9 Å². The smallest absolute Gasteiger partial charge is 1.00 e. The molecule has 114 valence electrons. The van der Waals surface area contributed by atoms with Crippen LogP contribution in [0.1, 0.15) is 0 Å². The monoisotopic (exact) mass is 372 g/mol. The fourth-order valence-electron chi connectivity index (χ4n) is 2.36. The van der Waals surface area contributed by atoms with Gasteiger partial charge in [-0.2, -0.15) is 0 Å². The van der Waals surface area contributed by atoms with Crippen LogP contribution in [-0.2, 0) is 4.57 Å². The Morgan fingerprint density at radius 3 is 0.913 bits per heavy atom. The number of hydrogen-bond donors (Lipinski definition) is 0. The molecule has 0 radical (unpaired) electrons. The van der Waals surface area contributed by atoms with Gasteiger partial charge in [0.2, 0.25) is 0 Å². The minimum Gasteiger partial charge on any atom is -1.00 e. The molecule has 0 aromatic heterocycles. The molecule has 5 heteroatoms. The van der Waals surface area contributed by atoms with E-state index in [-0.39, 0.29) is 47.9 Å². The molecule has 0 bridgehead atoms. The summed E-state index contributed by atoms with van der Waals surface area (Å²) in [6.45, 7) is 0. The Bertz CT molecular complexity index is 633. The number of benzene rings is 3. The van der Waals surface area contributed by atoms with E-state index < -0.39 is 7.14 Å². The van der Waals surface area contributed by atoms with Crippen LogP contribution in [0.2, 0.25) is 0 Å². The molecular formula is C18H15Cl2MgOP. The van der Waals surface area contributed by atoms with Gasteiger partial charge in [0.25, 0.3) is 0 Å². The van der Waals surface area contributed by atoms with Gasteiger partial charge >= 0.3 is 23.1 Å². The van der Waals surface area contributed by atoms with Crippen LogP contribution in [0, 0.1) is 0 Å². The molecule has 0 atom stereocenters. The summed E-state index contributed by atoms with van der Waals surface area (Å²) in [4.78, 5) is 0. The molecular weight excluding hydrogens is 358 g/mol. The third kappa shape index (κ3) is 4.62. The Balaban J connectivity index is 0.00000161. The van der Waals surface area contributed by atoms with Crippen molar-refractivity contribution in [3.63, 3.8) is 0 Å². The van der Waals surface area contributed by atoms with Crippen LogP contribution >= 0.6 is 7.14 Å². The molecule has 3 rings (SSSR count). The van der Waals surface area contributed by atoms with E-state index in [1.165, 1.54) is 0 Å². The first kappa shape index (κ1) is 22.2. The molecule has 0 amide bonds. The summed E-state index contributed by atoms with van der Waals surface area (Å²) in [5.41, 5.74) is 0. The second kappa shape index (κ2) is 10.2. The summed E-state index contributed by atoms with van der Waals surface area (Å²) in [7, 11) is -2.78. The van der Waals surface area contributed by atoms with Crippen LogP contribution in [0.15, 0.2) is 91.0 Å². The van der Waals surface area contributed by atoms with Crippen LogP contribution < -0.4 is 40.7 Å². The molecule has 3 aromatic carbocycles. The van der Waals surface area contributed by atoms with Crippen LogP contribution in [0.4, 0.5) is 0 Å². The average Bonchev–Trinajstić information content (AvgIpc) is 2.56. The molecule has 1 nitrogen and oxygen atoms in total. The van der Waals surface area contributed by atoms with E-state index in [9.17, 15) is 4.57 Å². The zero-order valence-corrected chi connectivity index (χ0v) is 16.3. The van der Waals surface area contributed by atoms with Crippen LogP contribution in [-0.4, -0.2) is 23.1 Å². The van der Waals surface area contributed by atoms with E-state index >= 15 is 0 Å². The van der Waals surface area contributed by atoms with Gasteiger partial charge in [-0.25, -0.2) is 0 Å². The van der Waals surface area contributed by atoms with Gasteiger partial charge in [-0.3, -0.25) is 0 Å². The standard InChI is InChI=1S/C18H15OP.2ClH.Mg/c19-20(16-10-4-1-5-11-16,17-12-6-2-7-13-17)18-14-8-3-9-15-18;;;/h1-15H;2*1H;/q;;;+2/p-2. The van der Waals surface area contributed by atoms with E-state index in [0.29, 0.717) is 0 Å². The summed E-state index contributed by atoms with van der Waals surface area (Å²) in [6.07, 6.45) is 0. The topological polar surface area (TPSA) is 17.1 Å². The van der Waals surface area contributed by atoms with Crippen molar-refractivity contribution in [3.05, 3.63) is 91.0 Å². The molecule has 0 fully saturated rings. The van der Waals surface area contributed by atoms with Gasteiger partial charge in [-0.05, 0) is 0 Å². The molecule has 0 saturated heterocycles. The Hall–Kier alpha value is -0.764. The van der Waals surface area contributed by atoms with Crippen LogP contribution in [0.3, 0.4) is 0 Å². The molecule has 0 spiro atoms. The summed E-state index contributed by atoms with van der Waals surface area (Å²) in [5.74, 6) is 0. The Morgan fingerprint density at radius 2 is 0.696 bits per heavy atom. The SMILES string of the molecule is O=P(c1ccccc1)(c1ccccc1)c1ccccc1.[Cl-].[Cl-].[Mg+2]. The maximum atomic E-state index is 13.8. The van der Waals surface area contributed by atoms with Gasteiger partial charge in [-0.1, -0.05) is 91.0 Å². The minimum absolute atomic E-state index is 0. The van der Waals surface area contributed by atoms with Crippen molar-refractivity contribution in [1.82, 2.24) is 0 Å². The first-order chi connectivity index (χ1) is 9.82. The van der Waals surface area contributed by atoms with Gasteiger partial charge in [0.05, 0.1) is 0 Å². The molecule has 23 heavy (non-hydrogen) atoms. The second-order valence-corrected chi connectivity index (χ2v) is 7.38. The Morgan fingerprint density at radius 1 is 0.478 bits per heavy atom. The molecule has 3 aromatic rings. The number of rotatable bonds is 3. The van der Waals surface area contributed by atoms with Crippen molar-refractivity contribution in [2.24, 2.45) is 0 Å². The molecule has 0 saturated carbocycles. The molecule has 0 N–H and O–H groups in total.